The topological polar surface area (TPSA) is 94.9 Å². The molecule has 2 amide bonds. The van der Waals surface area contributed by atoms with Gasteiger partial charge in [0.05, 0.1) is 6.54 Å². The van der Waals surface area contributed by atoms with Crippen LogP contribution in [0.2, 0.25) is 0 Å². The molecule has 2 aliphatic heterocycles. The van der Waals surface area contributed by atoms with Crippen molar-refractivity contribution in [3.63, 3.8) is 0 Å². The molecule has 0 spiro atoms. The van der Waals surface area contributed by atoms with E-state index in [0.29, 0.717) is 18.7 Å². The molecular formula is C21H23FN4O4. The smallest absolute Gasteiger partial charge is 0.275 e. The van der Waals surface area contributed by atoms with Crippen molar-refractivity contribution in [3.8, 4) is 5.75 Å². The number of hydrogen-bond donors (Lipinski definition) is 2. The monoisotopic (exact) mass is 414 g/mol. The highest BCUT2D eigenvalue weighted by atomic mass is 19.1. The van der Waals surface area contributed by atoms with E-state index in [2.05, 4.69) is 10.2 Å². The molecule has 8 nitrogen and oxygen atoms in total. The third-order valence-electron chi connectivity index (χ3n) is 5.72. The van der Waals surface area contributed by atoms with E-state index >= 15 is 0 Å². The lowest BCUT2D eigenvalue weighted by Crippen LogP contribution is -2.55. The summed E-state index contributed by atoms with van der Waals surface area (Å²) in [4.78, 5) is 42.0. The number of hydrogen-bond acceptors (Lipinski definition) is 5. The number of halogens is 1. The molecule has 1 atom stereocenters. The zero-order valence-corrected chi connectivity index (χ0v) is 16.6. The van der Waals surface area contributed by atoms with Gasteiger partial charge in [-0.3, -0.25) is 19.3 Å². The molecular weight excluding hydrogens is 391 g/mol. The second-order valence-corrected chi connectivity index (χ2v) is 7.70. The largest absolute Gasteiger partial charge is 0.503 e. The van der Waals surface area contributed by atoms with E-state index in [4.69, 9.17) is 0 Å². The van der Waals surface area contributed by atoms with Crippen LogP contribution < -0.4 is 10.7 Å². The lowest BCUT2D eigenvalue weighted by Gasteiger charge is -2.40. The van der Waals surface area contributed by atoms with Gasteiger partial charge in [-0.25, -0.2) is 4.39 Å². The van der Waals surface area contributed by atoms with Crippen molar-refractivity contribution in [1.29, 1.82) is 0 Å². The number of aromatic nitrogens is 1. The third-order valence-corrected chi connectivity index (χ3v) is 5.72. The van der Waals surface area contributed by atoms with Crippen LogP contribution in [0.3, 0.4) is 0 Å². The summed E-state index contributed by atoms with van der Waals surface area (Å²) in [6.45, 7) is 1.84. The summed E-state index contributed by atoms with van der Waals surface area (Å²) >= 11 is 0. The number of benzene rings is 1. The van der Waals surface area contributed by atoms with E-state index in [1.807, 2.05) is 7.05 Å². The number of likely N-dealkylation sites (N-methyl/N-ethyl adjacent to an activating group) is 1. The van der Waals surface area contributed by atoms with E-state index in [0.717, 1.165) is 19.4 Å². The number of carbonyl (C=O) groups excluding carboxylic acids is 2. The SMILES string of the molecule is CN1CCCCN2C(=O)c3c(O)c(=O)c(C(=O)NCc4ccc(F)cc4)cn3CC12. The average molecular weight is 414 g/mol. The number of carbonyl (C=O) groups is 2. The molecule has 3 heterocycles. The fourth-order valence-electron chi connectivity index (χ4n) is 4.03. The molecule has 1 aromatic carbocycles. The van der Waals surface area contributed by atoms with Gasteiger partial charge in [0.25, 0.3) is 11.8 Å². The quantitative estimate of drug-likeness (QED) is 0.785. The molecule has 0 bridgehead atoms. The molecule has 4 rings (SSSR count). The Bertz CT molecular complexity index is 1050. The number of aromatic hydroxyl groups is 1. The summed E-state index contributed by atoms with van der Waals surface area (Å²) in [6, 6.07) is 5.62. The Morgan fingerprint density at radius 3 is 2.63 bits per heavy atom. The molecule has 0 radical (unpaired) electrons. The van der Waals surface area contributed by atoms with Gasteiger partial charge in [-0.2, -0.15) is 0 Å². The number of nitrogens with one attached hydrogen (secondary N) is 1. The lowest BCUT2D eigenvalue weighted by atomic mass is 10.1. The second kappa shape index (κ2) is 7.91. The molecule has 158 valence electrons. The highest BCUT2D eigenvalue weighted by Crippen LogP contribution is 2.26. The van der Waals surface area contributed by atoms with Crippen LogP contribution >= 0.6 is 0 Å². The fourth-order valence-corrected chi connectivity index (χ4v) is 4.03. The summed E-state index contributed by atoms with van der Waals surface area (Å²) in [6.07, 6.45) is 2.94. The maximum Gasteiger partial charge on any atom is 0.275 e. The van der Waals surface area contributed by atoms with E-state index < -0.39 is 23.0 Å². The summed E-state index contributed by atoms with van der Waals surface area (Å²) in [7, 11) is 1.93. The minimum Gasteiger partial charge on any atom is -0.503 e. The summed E-state index contributed by atoms with van der Waals surface area (Å²) in [5.41, 5.74) is -0.539. The molecule has 2 aliphatic rings. The van der Waals surface area contributed by atoms with E-state index in [9.17, 15) is 23.9 Å². The summed E-state index contributed by atoms with van der Waals surface area (Å²) in [5, 5.41) is 13.1. The molecule has 1 fully saturated rings. The van der Waals surface area contributed by atoms with Crippen molar-refractivity contribution in [3.05, 3.63) is 63.3 Å². The minimum absolute atomic E-state index is 0.0818. The van der Waals surface area contributed by atoms with Crippen LogP contribution in [0.1, 0.15) is 39.3 Å². The molecule has 30 heavy (non-hydrogen) atoms. The Labute approximate surface area is 172 Å². The van der Waals surface area contributed by atoms with Crippen molar-refractivity contribution in [2.24, 2.45) is 0 Å². The van der Waals surface area contributed by atoms with E-state index in [-0.39, 0.29) is 29.8 Å². The first kappa shape index (κ1) is 20.1. The molecule has 1 unspecified atom stereocenters. The highest BCUT2D eigenvalue weighted by Gasteiger charge is 2.38. The molecule has 0 saturated carbocycles. The minimum atomic E-state index is -0.882. The molecule has 0 aliphatic carbocycles. The van der Waals surface area contributed by atoms with E-state index in [1.54, 1.807) is 4.90 Å². The van der Waals surface area contributed by atoms with Gasteiger partial charge in [0.1, 0.15) is 17.5 Å². The van der Waals surface area contributed by atoms with E-state index in [1.165, 1.54) is 35.0 Å². The number of nitrogens with zero attached hydrogens (tertiary/aromatic N) is 3. The van der Waals surface area contributed by atoms with Crippen LogP contribution in [0.4, 0.5) is 4.39 Å². The second-order valence-electron chi connectivity index (χ2n) is 7.70. The normalized spacial score (nSPS) is 19.1. The fraction of sp³-hybridized carbons (Fsp3) is 0.381. The van der Waals surface area contributed by atoms with Crippen molar-refractivity contribution < 1.29 is 19.1 Å². The summed E-state index contributed by atoms with van der Waals surface area (Å²) < 4.78 is 14.5. The highest BCUT2D eigenvalue weighted by molar-refractivity contribution is 5.99. The average Bonchev–Trinajstić information content (AvgIpc) is 2.91. The van der Waals surface area contributed by atoms with Gasteiger partial charge in [0.2, 0.25) is 5.43 Å². The van der Waals surface area contributed by atoms with Crippen LogP contribution in [0, 0.1) is 5.82 Å². The predicted octanol–water partition coefficient (Wildman–Crippen LogP) is 1.13. The van der Waals surface area contributed by atoms with Crippen LogP contribution in [-0.4, -0.2) is 57.6 Å². The van der Waals surface area contributed by atoms with Gasteiger partial charge in [0.15, 0.2) is 11.4 Å². The van der Waals surface area contributed by atoms with Crippen molar-refractivity contribution >= 4 is 11.8 Å². The number of amides is 2. The maximum atomic E-state index is 13.0. The predicted molar refractivity (Wildman–Crippen MR) is 107 cm³/mol. The van der Waals surface area contributed by atoms with Crippen LogP contribution in [-0.2, 0) is 13.1 Å². The number of rotatable bonds is 3. The zero-order valence-electron chi connectivity index (χ0n) is 16.6. The Kier molecular flexibility index (Phi) is 5.29. The van der Waals surface area contributed by atoms with Gasteiger partial charge >= 0.3 is 0 Å². The van der Waals surface area contributed by atoms with Gasteiger partial charge in [-0.05, 0) is 44.1 Å². The Hall–Kier alpha value is -3.20. The van der Waals surface area contributed by atoms with Crippen LogP contribution in [0.25, 0.3) is 0 Å². The Morgan fingerprint density at radius 1 is 1.20 bits per heavy atom. The van der Waals surface area contributed by atoms with Crippen molar-refractivity contribution in [2.45, 2.75) is 32.1 Å². The van der Waals surface area contributed by atoms with Gasteiger partial charge < -0.3 is 19.9 Å². The zero-order chi connectivity index (χ0) is 21.4. The van der Waals surface area contributed by atoms with Gasteiger partial charge in [-0.15, -0.1) is 0 Å². The lowest BCUT2D eigenvalue weighted by molar-refractivity contribution is 0.0304. The molecule has 2 aromatic rings. The van der Waals surface area contributed by atoms with Crippen molar-refractivity contribution in [1.82, 2.24) is 19.7 Å². The molecule has 2 N–H and O–H groups in total. The molecule has 1 aromatic heterocycles. The van der Waals surface area contributed by atoms with Gasteiger partial charge in [0, 0.05) is 19.3 Å². The third kappa shape index (κ3) is 3.56. The summed E-state index contributed by atoms with van der Waals surface area (Å²) in [5.74, 6) is -2.17. The molecule has 1 saturated heterocycles. The Balaban J connectivity index is 1.63. The first-order valence-corrected chi connectivity index (χ1v) is 9.87. The molecule has 9 heteroatoms. The standard InChI is InChI=1S/C21H23FN4O4/c1-24-8-2-3-9-26-16(24)12-25-11-15(18(27)19(28)17(25)21(26)30)20(29)23-10-13-4-6-14(22)7-5-13/h4-7,11,16,28H,2-3,8-10,12H2,1H3,(H,23,29). The number of pyridine rings is 1. The first-order valence-electron chi connectivity index (χ1n) is 9.87. The van der Waals surface area contributed by atoms with Gasteiger partial charge in [-0.1, -0.05) is 12.1 Å². The van der Waals surface area contributed by atoms with Crippen molar-refractivity contribution in [2.75, 3.05) is 20.1 Å². The Morgan fingerprint density at radius 2 is 1.90 bits per heavy atom. The number of fused-ring (bicyclic) bond motifs is 2. The van der Waals surface area contributed by atoms with Crippen LogP contribution in [0.5, 0.6) is 5.75 Å². The maximum absolute atomic E-state index is 13.0. The first-order chi connectivity index (χ1) is 14.4. The van der Waals surface area contributed by atoms with Crippen LogP contribution in [0.15, 0.2) is 35.3 Å².